The van der Waals surface area contributed by atoms with Crippen molar-refractivity contribution in [2.75, 3.05) is 12.0 Å². The molecule has 1 aromatic carbocycles. The van der Waals surface area contributed by atoms with E-state index in [1.165, 1.54) is 19.1 Å². The Morgan fingerprint density at radius 3 is 2.65 bits per heavy atom. The average molecular weight is 318 g/mol. The Labute approximate surface area is 123 Å². The Morgan fingerprint density at radius 1 is 1.40 bits per heavy atom. The van der Waals surface area contributed by atoms with E-state index in [4.69, 9.17) is 5.73 Å². The number of nitrogens with one attached hydrogen (secondary N) is 1. The number of halogens is 1. The van der Waals surface area contributed by atoms with Crippen molar-refractivity contribution in [3.05, 3.63) is 23.5 Å². The van der Waals surface area contributed by atoms with E-state index >= 15 is 0 Å². The predicted molar refractivity (Wildman–Crippen MR) is 80.8 cm³/mol. The maximum atomic E-state index is 13.5. The first-order valence-corrected chi connectivity index (χ1v) is 9.21. The van der Waals surface area contributed by atoms with Gasteiger partial charge < -0.3 is 5.73 Å². The van der Waals surface area contributed by atoms with Crippen LogP contribution in [0.1, 0.15) is 24.8 Å². The molecule has 1 aromatic rings. The third-order valence-corrected chi connectivity index (χ3v) is 6.20. The van der Waals surface area contributed by atoms with Crippen LogP contribution in [0.2, 0.25) is 0 Å². The number of benzene rings is 1. The lowest BCUT2D eigenvalue weighted by Crippen LogP contribution is -2.33. The molecule has 7 heteroatoms. The van der Waals surface area contributed by atoms with Gasteiger partial charge in [0.05, 0.1) is 10.6 Å². The lowest BCUT2D eigenvalue weighted by molar-refractivity contribution is 0.552. The highest BCUT2D eigenvalue weighted by atomic mass is 32.2. The van der Waals surface area contributed by atoms with E-state index in [1.54, 1.807) is 11.8 Å². The van der Waals surface area contributed by atoms with Crippen LogP contribution in [0, 0.1) is 12.7 Å². The van der Waals surface area contributed by atoms with Gasteiger partial charge in [0.1, 0.15) is 5.82 Å². The smallest absolute Gasteiger partial charge is 0.240 e. The van der Waals surface area contributed by atoms with Gasteiger partial charge in [0.2, 0.25) is 10.0 Å². The summed E-state index contributed by atoms with van der Waals surface area (Å²) in [5.41, 5.74) is 5.59. The first-order valence-electron chi connectivity index (χ1n) is 6.44. The Kier molecular flexibility index (Phi) is 4.61. The van der Waals surface area contributed by atoms with Crippen LogP contribution < -0.4 is 10.5 Å². The molecule has 0 bridgehead atoms. The van der Waals surface area contributed by atoms with E-state index < -0.39 is 15.8 Å². The van der Waals surface area contributed by atoms with E-state index in [0.29, 0.717) is 5.25 Å². The Bertz CT molecular complexity index is 581. The first-order chi connectivity index (χ1) is 9.33. The van der Waals surface area contributed by atoms with Gasteiger partial charge in [-0.1, -0.05) is 0 Å². The minimum absolute atomic E-state index is 0.0292. The van der Waals surface area contributed by atoms with Crippen LogP contribution in [0.4, 0.5) is 10.1 Å². The highest BCUT2D eigenvalue weighted by molar-refractivity contribution is 7.99. The number of aryl methyl sites for hydroxylation is 1. The highest BCUT2D eigenvalue weighted by Gasteiger charge is 2.28. The number of nitrogens with two attached hydrogens (primary N) is 1. The molecule has 4 nitrogen and oxygen atoms in total. The quantitative estimate of drug-likeness (QED) is 0.836. The fourth-order valence-corrected chi connectivity index (χ4v) is 4.67. The molecule has 1 aliphatic carbocycles. The van der Waals surface area contributed by atoms with Gasteiger partial charge in [-0.05, 0) is 50.1 Å². The second kappa shape index (κ2) is 5.91. The zero-order chi connectivity index (χ0) is 14.9. The normalized spacial score (nSPS) is 23.1. The number of sulfonamides is 1. The molecule has 20 heavy (non-hydrogen) atoms. The van der Waals surface area contributed by atoms with Crippen LogP contribution in [0.15, 0.2) is 17.0 Å². The molecule has 112 valence electrons. The highest BCUT2D eigenvalue weighted by Crippen LogP contribution is 2.29. The average Bonchev–Trinajstić information content (AvgIpc) is 2.82. The van der Waals surface area contributed by atoms with Gasteiger partial charge >= 0.3 is 0 Å². The van der Waals surface area contributed by atoms with Crippen molar-refractivity contribution >= 4 is 27.5 Å². The molecule has 0 aliphatic heterocycles. The van der Waals surface area contributed by atoms with Gasteiger partial charge in [-0.25, -0.2) is 17.5 Å². The van der Waals surface area contributed by atoms with Crippen molar-refractivity contribution < 1.29 is 12.8 Å². The van der Waals surface area contributed by atoms with Crippen molar-refractivity contribution in [1.82, 2.24) is 4.72 Å². The molecular formula is C13H19FN2O2S2. The minimum atomic E-state index is -3.64. The van der Waals surface area contributed by atoms with Gasteiger partial charge in [0.25, 0.3) is 0 Å². The minimum Gasteiger partial charge on any atom is -0.396 e. The molecule has 0 aromatic heterocycles. The topological polar surface area (TPSA) is 72.2 Å². The van der Waals surface area contributed by atoms with Gasteiger partial charge in [0.15, 0.2) is 0 Å². The zero-order valence-corrected chi connectivity index (χ0v) is 13.2. The van der Waals surface area contributed by atoms with Gasteiger partial charge in [0, 0.05) is 11.3 Å². The summed E-state index contributed by atoms with van der Waals surface area (Å²) in [6.07, 6.45) is 4.71. The molecule has 0 spiro atoms. The molecule has 0 heterocycles. The van der Waals surface area contributed by atoms with Crippen LogP contribution in [0.3, 0.4) is 0 Å². The van der Waals surface area contributed by atoms with E-state index in [9.17, 15) is 12.8 Å². The van der Waals surface area contributed by atoms with E-state index in [2.05, 4.69) is 4.72 Å². The van der Waals surface area contributed by atoms with Gasteiger partial charge in [-0.2, -0.15) is 11.8 Å². The van der Waals surface area contributed by atoms with Crippen molar-refractivity contribution in [3.63, 3.8) is 0 Å². The largest absolute Gasteiger partial charge is 0.396 e. The molecule has 0 amide bonds. The monoisotopic (exact) mass is 318 g/mol. The summed E-state index contributed by atoms with van der Waals surface area (Å²) in [5.74, 6) is -0.563. The molecule has 3 N–H and O–H groups in total. The fraction of sp³-hybridized carbons (Fsp3) is 0.538. The molecule has 0 saturated heterocycles. The molecule has 2 unspecified atom stereocenters. The van der Waals surface area contributed by atoms with E-state index in [-0.39, 0.29) is 22.2 Å². The first kappa shape index (κ1) is 15.6. The summed E-state index contributed by atoms with van der Waals surface area (Å²) < 4.78 is 40.8. The molecule has 2 rings (SSSR count). The second-order valence-corrected chi connectivity index (χ2v) is 7.98. The van der Waals surface area contributed by atoms with Crippen molar-refractivity contribution in [3.8, 4) is 0 Å². The van der Waals surface area contributed by atoms with Crippen LogP contribution in [-0.2, 0) is 10.0 Å². The second-order valence-electron chi connectivity index (χ2n) is 5.13. The Morgan fingerprint density at radius 2 is 2.10 bits per heavy atom. The number of thioether (sulfide) groups is 1. The maximum Gasteiger partial charge on any atom is 0.240 e. The number of nitrogen functional groups attached to an aromatic ring is 1. The van der Waals surface area contributed by atoms with Crippen molar-refractivity contribution in [1.29, 1.82) is 0 Å². The lowest BCUT2D eigenvalue weighted by atomic mass is 10.2. The SMILES string of the molecule is CSC1CCC(NS(=O)(=O)c2cc(C)c(F)c(N)c2)C1. The van der Waals surface area contributed by atoms with Crippen LogP contribution in [0.5, 0.6) is 0 Å². The number of hydrogen-bond donors (Lipinski definition) is 2. The Hall–Kier alpha value is -0.790. The molecule has 2 atom stereocenters. The van der Waals surface area contributed by atoms with Crippen molar-refractivity contribution in [2.45, 2.75) is 42.4 Å². The van der Waals surface area contributed by atoms with Crippen LogP contribution in [-0.4, -0.2) is 26.0 Å². The van der Waals surface area contributed by atoms with E-state index in [1.807, 2.05) is 6.26 Å². The summed E-state index contributed by atoms with van der Waals surface area (Å²) in [7, 11) is -3.64. The third kappa shape index (κ3) is 3.27. The standard InChI is InChI=1S/C13H19FN2O2S2/c1-8-5-11(7-12(15)13(8)14)20(17,18)16-9-3-4-10(6-9)19-2/h5,7,9-10,16H,3-4,6,15H2,1-2H3. The zero-order valence-electron chi connectivity index (χ0n) is 11.5. The van der Waals surface area contributed by atoms with Crippen LogP contribution in [0.25, 0.3) is 0 Å². The molecule has 0 radical (unpaired) electrons. The van der Waals surface area contributed by atoms with Crippen molar-refractivity contribution in [2.24, 2.45) is 0 Å². The summed E-state index contributed by atoms with van der Waals surface area (Å²) >= 11 is 1.76. The number of rotatable bonds is 4. The summed E-state index contributed by atoms with van der Waals surface area (Å²) in [4.78, 5) is 0.0292. The third-order valence-electron chi connectivity index (χ3n) is 3.61. The molecule has 1 aliphatic rings. The summed E-state index contributed by atoms with van der Waals surface area (Å²) in [6, 6.07) is 2.43. The Balaban J connectivity index is 2.19. The number of hydrogen-bond acceptors (Lipinski definition) is 4. The van der Waals surface area contributed by atoms with E-state index in [0.717, 1.165) is 19.3 Å². The maximum absolute atomic E-state index is 13.5. The fourth-order valence-electron chi connectivity index (χ4n) is 2.47. The van der Waals surface area contributed by atoms with Crippen LogP contribution >= 0.6 is 11.8 Å². The summed E-state index contributed by atoms with van der Waals surface area (Å²) in [6.45, 7) is 1.50. The predicted octanol–water partition coefficient (Wildman–Crippen LogP) is 2.28. The lowest BCUT2D eigenvalue weighted by Gasteiger charge is -2.14. The number of anilines is 1. The molecule has 1 fully saturated rings. The molecule has 1 saturated carbocycles. The van der Waals surface area contributed by atoms with Gasteiger partial charge in [-0.3, -0.25) is 0 Å². The summed E-state index contributed by atoms with van der Waals surface area (Å²) in [5, 5.41) is 0.503. The van der Waals surface area contributed by atoms with Gasteiger partial charge in [-0.15, -0.1) is 0 Å². The molecular weight excluding hydrogens is 299 g/mol.